The van der Waals surface area contributed by atoms with Crippen molar-refractivity contribution in [2.24, 2.45) is 5.41 Å². The summed E-state index contributed by atoms with van der Waals surface area (Å²) in [6, 6.07) is 0. The van der Waals surface area contributed by atoms with Crippen LogP contribution in [-0.4, -0.2) is 48.3 Å². The molecule has 1 rings (SSSR count). The van der Waals surface area contributed by atoms with Crippen molar-refractivity contribution in [2.75, 3.05) is 32.8 Å². The Bertz CT molecular complexity index is 218. The molecule has 0 amide bonds. The first-order valence-electron chi connectivity index (χ1n) is 6.49. The molecular weight excluding hydrogens is 200 g/mol. The molecule has 0 saturated carbocycles. The molecule has 0 bridgehead atoms. The molecule has 1 heterocycles. The number of nitrogens with zero attached hydrogens (tertiary/aromatic N) is 1. The highest BCUT2D eigenvalue weighted by atomic mass is 16.3. The molecule has 1 aliphatic rings. The van der Waals surface area contributed by atoms with Crippen LogP contribution < -0.4 is 5.32 Å². The van der Waals surface area contributed by atoms with Gasteiger partial charge in [-0.25, -0.2) is 0 Å². The Morgan fingerprint density at radius 1 is 1.44 bits per heavy atom. The molecular formula is C13H28N2O. The van der Waals surface area contributed by atoms with E-state index in [0.29, 0.717) is 5.41 Å². The SMILES string of the molecule is CCCNC(C)(CO)CN1CCC(C)(C)C1. The van der Waals surface area contributed by atoms with Gasteiger partial charge in [0, 0.05) is 13.1 Å². The van der Waals surface area contributed by atoms with Gasteiger partial charge in [-0.05, 0) is 38.3 Å². The van der Waals surface area contributed by atoms with Crippen molar-refractivity contribution < 1.29 is 5.11 Å². The van der Waals surface area contributed by atoms with Gasteiger partial charge in [0.25, 0.3) is 0 Å². The van der Waals surface area contributed by atoms with E-state index in [0.717, 1.165) is 32.6 Å². The van der Waals surface area contributed by atoms with E-state index in [-0.39, 0.29) is 12.1 Å². The summed E-state index contributed by atoms with van der Waals surface area (Å²) in [6.07, 6.45) is 2.38. The molecule has 1 atom stereocenters. The molecule has 1 unspecified atom stereocenters. The summed E-state index contributed by atoms with van der Waals surface area (Å²) < 4.78 is 0. The van der Waals surface area contributed by atoms with E-state index in [9.17, 15) is 5.11 Å². The molecule has 3 heteroatoms. The Morgan fingerprint density at radius 3 is 2.56 bits per heavy atom. The minimum atomic E-state index is -0.142. The van der Waals surface area contributed by atoms with Crippen molar-refractivity contribution in [3.05, 3.63) is 0 Å². The van der Waals surface area contributed by atoms with Gasteiger partial charge in [0.1, 0.15) is 0 Å². The van der Waals surface area contributed by atoms with E-state index in [2.05, 4.69) is 37.9 Å². The Morgan fingerprint density at radius 2 is 2.12 bits per heavy atom. The van der Waals surface area contributed by atoms with E-state index in [1.807, 2.05) is 0 Å². The Labute approximate surface area is 100 Å². The molecule has 0 aromatic heterocycles. The summed E-state index contributed by atoms with van der Waals surface area (Å²) in [6.45, 7) is 13.4. The van der Waals surface area contributed by atoms with Crippen LogP contribution in [0.15, 0.2) is 0 Å². The lowest BCUT2D eigenvalue weighted by molar-refractivity contribution is 0.127. The summed E-state index contributed by atoms with van der Waals surface area (Å²) >= 11 is 0. The van der Waals surface area contributed by atoms with Gasteiger partial charge in [0.05, 0.1) is 12.1 Å². The van der Waals surface area contributed by atoms with Gasteiger partial charge in [0.2, 0.25) is 0 Å². The predicted molar refractivity (Wildman–Crippen MR) is 68.6 cm³/mol. The topological polar surface area (TPSA) is 35.5 Å². The van der Waals surface area contributed by atoms with Crippen molar-refractivity contribution in [3.8, 4) is 0 Å². The fourth-order valence-corrected chi connectivity index (χ4v) is 2.44. The molecule has 0 aromatic carbocycles. The molecule has 96 valence electrons. The molecule has 0 radical (unpaired) electrons. The summed E-state index contributed by atoms with van der Waals surface area (Å²) in [5.41, 5.74) is 0.303. The number of rotatable bonds is 6. The zero-order valence-electron chi connectivity index (χ0n) is 11.3. The van der Waals surface area contributed by atoms with Crippen molar-refractivity contribution in [1.29, 1.82) is 0 Å². The minimum absolute atomic E-state index is 0.142. The van der Waals surface area contributed by atoms with Gasteiger partial charge >= 0.3 is 0 Å². The average molecular weight is 228 g/mol. The van der Waals surface area contributed by atoms with Crippen molar-refractivity contribution >= 4 is 0 Å². The van der Waals surface area contributed by atoms with Crippen LogP contribution in [0.4, 0.5) is 0 Å². The quantitative estimate of drug-likeness (QED) is 0.722. The third kappa shape index (κ3) is 4.04. The largest absolute Gasteiger partial charge is 0.394 e. The first-order chi connectivity index (χ1) is 7.41. The van der Waals surface area contributed by atoms with E-state index >= 15 is 0 Å². The number of aliphatic hydroxyl groups is 1. The van der Waals surface area contributed by atoms with Crippen molar-refractivity contribution in [3.63, 3.8) is 0 Å². The van der Waals surface area contributed by atoms with Crippen LogP contribution in [0.25, 0.3) is 0 Å². The number of hydrogen-bond acceptors (Lipinski definition) is 3. The molecule has 1 aliphatic heterocycles. The van der Waals surface area contributed by atoms with E-state index in [1.54, 1.807) is 0 Å². The molecule has 0 aliphatic carbocycles. The monoisotopic (exact) mass is 228 g/mol. The lowest BCUT2D eigenvalue weighted by Gasteiger charge is -2.33. The number of nitrogens with one attached hydrogen (secondary N) is 1. The van der Waals surface area contributed by atoms with Crippen molar-refractivity contribution in [2.45, 2.75) is 46.1 Å². The Hall–Kier alpha value is -0.120. The molecule has 0 spiro atoms. The molecule has 1 saturated heterocycles. The summed E-state index contributed by atoms with van der Waals surface area (Å²) in [4.78, 5) is 2.47. The second kappa shape index (κ2) is 5.48. The van der Waals surface area contributed by atoms with E-state index < -0.39 is 0 Å². The smallest absolute Gasteiger partial charge is 0.0623 e. The number of likely N-dealkylation sites (tertiary alicyclic amines) is 1. The second-order valence-electron chi connectivity index (χ2n) is 6.27. The predicted octanol–water partition coefficient (Wildman–Crippen LogP) is 1.47. The molecule has 16 heavy (non-hydrogen) atoms. The van der Waals surface area contributed by atoms with Crippen LogP contribution in [0.5, 0.6) is 0 Å². The third-order valence-electron chi connectivity index (χ3n) is 3.48. The Kier molecular flexibility index (Phi) is 4.77. The van der Waals surface area contributed by atoms with E-state index in [4.69, 9.17) is 0 Å². The van der Waals surface area contributed by atoms with Crippen LogP contribution in [0.3, 0.4) is 0 Å². The fraction of sp³-hybridized carbons (Fsp3) is 1.00. The maximum absolute atomic E-state index is 9.51. The summed E-state index contributed by atoms with van der Waals surface area (Å²) in [7, 11) is 0. The molecule has 0 aromatic rings. The van der Waals surface area contributed by atoms with Gasteiger partial charge < -0.3 is 15.3 Å². The summed E-state index contributed by atoms with van der Waals surface area (Å²) in [5.74, 6) is 0. The molecule has 3 nitrogen and oxygen atoms in total. The van der Waals surface area contributed by atoms with Gasteiger partial charge in [-0.2, -0.15) is 0 Å². The van der Waals surface area contributed by atoms with Gasteiger partial charge in [0.15, 0.2) is 0 Å². The second-order valence-corrected chi connectivity index (χ2v) is 6.27. The normalized spacial score (nSPS) is 24.6. The highest BCUT2D eigenvalue weighted by Gasteiger charge is 2.33. The first kappa shape index (κ1) is 13.9. The van der Waals surface area contributed by atoms with Crippen LogP contribution in [0.2, 0.25) is 0 Å². The average Bonchev–Trinajstić information content (AvgIpc) is 2.55. The number of aliphatic hydroxyl groups excluding tert-OH is 1. The molecule has 1 fully saturated rings. The zero-order chi connectivity index (χ0) is 12.2. The lowest BCUT2D eigenvalue weighted by Crippen LogP contribution is -2.54. The van der Waals surface area contributed by atoms with Crippen LogP contribution in [0, 0.1) is 5.41 Å². The number of hydrogen-bond donors (Lipinski definition) is 2. The highest BCUT2D eigenvalue weighted by molar-refractivity contribution is 4.91. The van der Waals surface area contributed by atoms with Crippen LogP contribution >= 0.6 is 0 Å². The van der Waals surface area contributed by atoms with Crippen molar-refractivity contribution in [1.82, 2.24) is 10.2 Å². The van der Waals surface area contributed by atoms with Gasteiger partial charge in [-0.15, -0.1) is 0 Å². The highest BCUT2D eigenvalue weighted by Crippen LogP contribution is 2.29. The summed E-state index contributed by atoms with van der Waals surface area (Å²) in [5, 5.41) is 13.0. The maximum Gasteiger partial charge on any atom is 0.0623 e. The van der Waals surface area contributed by atoms with Crippen LogP contribution in [0.1, 0.15) is 40.5 Å². The Balaban J connectivity index is 2.44. The van der Waals surface area contributed by atoms with Crippen LogP contribution in [-0.2, 0) is 0 Å². The lowest BCUT2D eigenvalue weighted by atomic mass is 9.93. The fourth-order valence-electron chi connectivity index (χ4n) is 2.44. The molecule has 2 N–H and O–H groups in total. The van der Waals surface area contributed by atoms with E-state index in [1.165, 1.54) is 6.42 Å². The first-order valence-corrected chi connectivity index (χ1v) is 6.49. The van der Waals surface area contributed by atoms with Gasteiger partial charge in [-0.1, -0.05) is 20.8 Å². The zero-order valence-corrected chi connectivity index (χ0v) is 11.3. The maximum atomic E-state index is 9.51. The standard InChI is InChI=1S/C13H28N2O/c1-5-7-14-13(4,11-16)10-15-8-6-12(2,3)9-15/h14,16H,5-11H2,1-4H3. The third-order valence-corrected chi connectivity index (χ3v) is 3.48. The van der Waals surface area contributed by atoms with Gasteiger partial charge in [-0.3, -0.25) is 0 Å². The minimum Gasteiger partial charge on any atom is -0.394 e.